The molecule has 1 fully saturated rings. The highest BCUT2D eigenvalue weighted by molar-refractivity contribution is 5.75. The van der Waals surface area contributed by atoms with E-state index in [-0.39, 0.29) is 24.1 Å². The Kier molecular flexibility index (Phi) is 8.89. The molecule has 0 radical (unpaired) electrons. The second-order valence-electron chi connectivity index (χ2n) is 8.72. The summed E-state index contributed by atoms with van der Waals surface area (Å²) in [6.07, 6.45) is 5.71. The van der Waals surface area contributed by atoms with E-state index in [1.165, 1.54) is 4.57 Å². The lowest BCUT2D eigenvalue weighted by atomic mass is 10.1. The molecule has 1 saturated heterocycles. The van der Waals surface area contributed by atoms with Crippen LogP contribution in [-0.2, 0) is 17.8 Å². The largest absolute Gasteiger partial charge is 0.492 e. The molecule has 1 aliphatic rings. The highest BCUT2D eigenvalue weighted by Gasteiger charge is 2.20. The molecule has 3 aromatic rings. The number of hydrogen-bond donors (Lipinski definition) is 2. The Morgan fingerprint density at radius 3 is 2.49 bits per heavy atom. The lowest BCUT2D eigenvalue weighted by Gasteiger charge is -2.32. The summed E-state index contributed by atoms with van der Waals surface area (Å²) in [6.45, 7) is 3.90. The molecular formula is C27H33N5O3. The molecule has 1 aromatic heterocycles. The topological polar surface area (TPSA) is 88.5 Å². The van der Waals surface area contributed by atoms with Gasteiger partial charge in [0.25, 0.3) is 5.56 Å². The Balaban J connectivity index is 1.19. The standard InChI is InChI=1S/C27H33N5O3/c33-25(28-14-11-22-7-3-1-4-8-22)21-32-18-15-29-26(27(32)34)30-23-12-16-31(17-13-23)19-20-35-24-9-5-2-6-10-24/h1-10,15,18,23H,11-14,16-17,19-21H2,(H,28,33)(H,29,30). The van der Waals surface area contributed by atoms with Crippen LogP contribution in [0, 0.1) is 0 Å². The van der Waals surface area contributed by atoms with Crippen molar-refractivity contribution < 1.29 is 9.53 Å². The lowest BCUT2D eigenvalue weighted by Crippen LogP contribution is -2.42. The van der Waals surface area contributed by atoms with E-state index < -0.39 is 0 Å². The first-order valence-electron chi connectivity index (χ1n) is 12.2. The van der Waals surface area contributed by atoms with Crippen molar-refractivity contribution in [3.05, 3.63) is 89.0 Å². The Bertz CT molecular complexity index is 1110. The Morgan fingerprint density at radius 2 is 1.74 bits per heavy atom. The number of likely N-dealkylation sites (tertiary alicyclic amines) is 1. The summed E-state index contributed by atoms with van der Waals surface area (Å²) < 4.78 is 7.20. The number of ether oxygens (including phenoxy) is 1. The number of aromatic nitrogens is 2. The van der Waals surface area contributed by atoms with Gasteiger partial charge in [-0.25, -0.2) is 4.98 Å². The number of nitrogens with zero attached hydrogens (tertiary/aromatic N) is 3. The van der Waals surface area contributed by atoms with Crippen LogP contribution in [0.1, 0.15) is 18.4 Å². The predicted molar refractivity (Wildman–Crippen MR) is 137 cm³/mol. The van der Waals surface area contributed by atoms with Crippen LogP contribution in [0.4, 0.5) is 5.82 Å². The summed E-state index contributed by atoms with van der Waals surface area (Å²) in [5, 5.41) is 6.18. The first-order chi connectivity index (χ1) is 17.2. The summed E-state index contributed by atoms with van der Waals surface area (Å²) in [6, 6.07) is 20.0. The average molecular weight is 476 g/mol. The van der Waals surface area contributed by atoms with Gasteiger partial charge in [-0.05, 0) is 37.0 Å². The molecule has 0 spiro atoms. The van der Waals surface area contributed by atoms with Gasteiger partial charge in [0.2, 0.25) is 5.91 Å². The molecule has 0 atom stereocenters. The molecule has 8 nitrogen and oxygen atoms in total. The number of para-hydroxylation sites is 1. The number of anilines is 1. The van der Waals surface area contributed by atoms with E-state index in [1.54, 1.807) is 12.4 Å². The third-order valence-corrected chi connectivity index (χ3v) is 6.15. The normalized spacial score (nSPS) is 14.4. The van der Waals surface area contributed by atoms with Crippen molar-refractivity contribution in [2.75, 3.05) is 38.1 Å². The number of amides is 1. The Morgan fingerprint density at radius 1 is 1.03 bits per heavy atom. The molecule has 35 heavy (non-hydrogen) atoms. The number of hydrogen-bond acceptors (Lipinski definition) is 6. The van der Waals surface area contributed by atoms with Gasteiger partial charge in [-0.15, -0.1) is 0 Å². The third kappa shape index (κ3) is 7.68. The molecule has 0 aliphatic carbocycles. The van der Waals surface area contributed by atoms with Crippen molar-refractivity contribution >= 4 is 11.7 Å². The van der Waals surface area contributed by atoms with Crippen LogP contribution in [-0.4, -0.2) is 59.2 Å². The van der Waals surface area contributed by atoms with E-state index >= 15 is 0 Å². The monoisotopic (exact) mass is 475 g/mol. The van der Waals surface area contributed by atoms with Crippen LogP contribution < -0.4 is 20.9 Å². The van der Waals surface area contributed by atoms with Gasteiger partial charge < -0.3 is 19.9 Å². The van der Waals surface area contributed by atoms with Crippen molar-refractivity contribution in [2.24, 2.45) is 0 Å². The smallest absolute Gasteiger partial charge is 0.293 e. The zero-order valence-electron chi connectivity index (χ0n) is 19.9. The van der Waals surface area contributed by atoms with E-state index in [4.69, 9.17) is 4.74 Å². The number of carbonyl (C=O) groups excluding carboxylic acids is 1. The number of carbonyl (C=O) groups is 1. The number of rotatable bonds is 11. The Labute approximate surface area is 205 Å². The fraction of sp³-hybridized carbons (Fsp3) is 0.370. The number of benzene rings is 2. The molecule has 1 aliphatic heterocycles. The Hall–Kier alpha value is -3.65. The zero-order chi connectivity index (χ0) is 24.3. The van der Waals surface area contributed by atoms with Gasteiger partial charge in [-0.3, -0.25) is 14.5 Å². The molecule has 0 unspecified atom stereocenters. The average Bonchev–Trinajstić information content (AvgIpc) is 2.89. The molecule has 1 amide bonds. The van der Waals surface area contributed by atoms with Crippen molar-refractivity contribution in [1.82, 2.24) is 19.8 Å². The van der Waals surface area contributed by atoms with E-state index in [9.17, 15) is 9.59 Å². The summed E-state index contributed by atoms with van der Waals surface area (Å²) in [4.78, 5) is 31.8. The van der Waals surface area contributed by atoms with E-state index in [0.717, 1.165) is 50.2 Å². The fourth-order valence-corrected chi connectivity index (χ4v) is 4.18. The number of nitrogens with one attached hydrogen (secondary N) is 2. The van der Waals surface area contributed by atoms with Crippen molar-refractivity contribution in [3.63, 3.8) is 0 Å². The van der Waals surface area contributed by atoms with Gasteiger partial charge in [0.1, 0.15) is 18.9 Å². The molecule has 2 aromatic carbocycles. The molecule has 184 valence electrons. The van der Waals surface area contributed by atoms with Gasteiger partial charge in [0.15, 0.2) is 5.82 Å². The van der Waals surface area contributed by atoms with Crippen LogP contribution >= 0.6 is 0 Å². The van der Waals surface area contributed by atoms with Gasteiger partial charge in [-0.1, -0.05) is 48.5 Å². The van der Waals surface area contributed by atoms with Crippen LogP contribution in [0.5, 0.6) is 5.75 Å². The minimum Gasteiger partial charge on any atom is -0.492 e. The SMILES string of the molecule is O=C(Cn1ccnc(NC2CCN(CCOc3ccccc3)CC2)c1=O)NCCc1ccccc1. The summed E-state index contributed by atoms with van der Waals surface area (Å²) in [5.41, 5.74) is 0.888. The number of piperidine rings is 1. The van der Waals surface area contributed by atoms with Gasteiger partial charge in [0.05, 0.1) is 0 Å². The van der Waals surface area contributed by atoms with Crippen molar-refractivity contribution in [3.8, 4) is 5.75 Å². The minimum absolute atomic E-state index is 0.0231. The quantitative estimate of drug-likeness (QED) is 0.443. The summed E-state index contributed by atoms with van der Waals surface area (Å²) >= 11 is 0. The van der Waals surface area contributed by atoms with Gasteiger partial charge in [0, 0.05) is 44.6 Å². The third-order valence-electron chi connectivity index (χ3n) is 6.15. The van der Waals surface area contributed by atoms with Crippen LogP contribution in [0.25, 0.3) is 0 Å². The molecule has 0 saturated carbocycles. The second kappa shape index (κ2) is 12.7. The van der Waals surface area contributed by atoms with E-state index in [0.29, 0.717) is 19.0 Å². The van der Waals surface area contributed by atoms with Crippen molar-refractivity contribution in [2.45, 2.75) is 31.8 Å². The van der Waals surface area contributed by atoms with E-state index in [2.05, 4.69) is 20.5 Å². The molecular weight excluding hydrogens is 442 g/mol. The van der Waals surface area contributed by atoms with Crippen LogP contribution in [0.15, 0.2) is 77.9 Å². The van der Waals surface area contributed by atoms with Gasteiger partial charge >= 0.3 is 0 Å². The maximum absolute atomic E-state index is 12.8. The first kappa shape index (κ1) is 24.5. The molecule has 2 heterocycles. The maximum atomic E-state index is 12.8. The highest BCUT2D eigenvalue weighted by atomic mass is 16.5. The maximum Gasteiger partial charge on any atom is 0.293 e. The zero-order valence-corrected chi connectivity index (χ0v) is 19.9. The molecule has 2 N–H and O–H groups in total. The minimum atomic E-state index is -0.274. The van der Waals surface area contributed by atoms with Crippen LogP contribution in [0.3, 0.4) is 0 Å². The molecule has 0 bridgehead atoms. The highest BCUT2D eigenvalue weighted by Crippen LogP contribution is 2.14. The lowest BCUT2D eigenvalue weighted by molar-refractivity contribution is -0.121. The fourth-order valence-electron chi connectivity index (χ4n) is 4.18. The van der Waals surface area contributed by atoms with Crippen molar-refractivity contribution in [1.29, 1.82) is 0 Å². The second-order valence-corrected chi connectivity index (χ2v) is 8.72. The first-order valence-corrected chi connectivity index (χ1v) is 12.2. The van der Waals surface area contributed by atoms with E-state index in [1.807, 2.05) is 60.7 Å². The summed E-state index contributed by atoms with van der Waals surface area (Å²) in [7, 11) is 0. The summed E-state index contributed by atoms with van der Waals surface area (Å²) in [5.74, 6) is 1.00. The van der Waals surface area contributed by atoms with Crippen LogP contribution in [0.2, 0.25) is 0 Å². The van der Waals surface area contributed by atoms with Gasteiger partial charge in [-0.2, -0.15) is 0 Å². The molecule has 4 rings (SSSR count). The predicted octanol–water partition coefficient (Wildman–Crippen LogP) is 2.56. The molecule has 8 heteroatoms.